The molecular formula is C20H24. The van der Waals surface area contributed by atoms with Crippen LogP contribution in [-0.4, -0.2) is 0 Å². The van der Waals surface area contributed by atoms with E-state index in [1.54, 1.807) is 0 Å². The monoisotopic (exact) mass is 264 g/mol. The van der Waals surface area contributed by atoms with Crippen molar-refractivity contribution in [1.82, 2.24) is 0 Å². The van der Waals surface area contributed by atoms with Gasteiger partial charge in [-0.25, -0.2) is 0 Å². The first kappa shape index (κ1) is 13.4. The quantitative estimate of drug-likeness (QED) is 0.634. The van der Waals surface area contributed by atoms with Crippen molar-refractivity contribution in [2.75, 3.05) is 0 Å². The van der Waals surface area contributed by atoms with Crippen molar-refractivity contribution >= 4 is 0 Å². The fourth-order valence-electron chi connectivity index (χ4n) is 3.66. The Hall–Kier alpha value is -1.56. The van der Waals surface area contributed by atoms with Crippen LogP contribution in [0.4, 0.5) is 0 Å². The van der Waals surface area contributed by atoms with E-state index in [0.717, 1.165) is 5.92 Å². The maximum absolute atomic E-state index is 2.43. The summed E-state index contributed by atoms with van der Waals surface area (Å²) in [6.45, 7) is 2.43. The lowest BCUT2D eigenvalue weighted by Crippen LogP contribution is -2.14. The average Bonchev–Trinajstić information content (AvgIpc) is 2.56. The fraction of sp³-hybridized carbons (Fsp3) is 0.400. The summed E-state index contributed by atoms with van der Waals surface area (Å²) in [6.07, 6.45) is 7.09. The number of hydrogen-bond donors (Lipinski definition) is 0. The van der Waals surface area contributed by atoms with Crippen LogP contribution in [0.5, 0.6) is 0 Å². The highest BCUT2D eigenvalue weighted by Crippen LogP contribution is 2.39. The molecule has 2 aromatic carbocycles. The Morgan fingerprint density at radius 2 is 1.45 bits per heavy atom. The predicted molar refractivity (Wildman–Crippen MR) is 86.9 cm³/mol. The fourth-order valence-corrected chi connectivity index (χ4v) is 3.66. The van der Waals surface area contributed by atoms with Crippen molar-refractivity contribution in [1.29, 1.82) is 0 Å². The number of rotatable bonds is 3. The highest BCUT2D eigenvalue weighted by molar-refractivity contribution is 5.67. The molecule has 0 aliphatic heterocycles. The van der Waals surface area contributed by atoms with Gasteiger partial charge in [-0.05, 0) is 41.4 Å². The summed E-state index contributed by atoms with van der Waals surface area (Å²) in [5, 5.41) is 0. The van der Waals surface area contributed by atoms with E-state index in [1.165, 1.54) is 48.8 Å². The van der Waals surface area contributed by atoms with Gasteiger partial charge in [0.1, 0.15) is 0 Å². The summed E-state index contributed by atoms with van der Waals surface area (Å²) in [7, 11) is 0. The van der Waals surface area contributed by atoms with Gasteiger partial charge in [0, 0.05) is 0 Å². The minimum atomic E-state index is 0.673. The van der Waals surface area contributed by atoms with Crippen LogP contribution in [0.1, 0.15) is 50.5 Å². The molecule has 0 amide bonds. The first-order valence-electron chi connectivity index (χ1n) is 8.00. The third-order valence-electron chi connectivity index (χ3n) is 4.89. The van der Waals surface area contributed by atoms with E-state index >= 15 is 0 Å². The van der Waals surface area contributed by atoms with Crippen LogP contribution in [0.3, 0.4) is 0 Å². The number of hydrogen-bond acceptors (Lipinski definition) is 0. The van der Waals surface area contributed by atoms with E-state index in [2.05, 4.69) is 61.5 Å². The van der Waals surface area contributed by atoms with Gasteiger partial charge in [0.2, 0.25) is 0 Å². The molecule has 1 aliphatic carbocycles. The molecule has 0 heteroatoms. The number of benzene rings is 2. The lowest BCUT2D eigenvalue weighted by molar-refractivity contribution is 0.316. The molecule has 2 aromatic rings. The summed E-state index contributed by atoms with van der Waals surface area (Å²) >= 11 is 0. The van der Waals surface area contributed by atoms with Crippen LogP contribution >= 0.6 is 0 Å². The molecular weight excluding hydrogens is 240 g/mol. The maximum Gasteiger partial charge on any atom is -0.0149 e. The van der Waals surface area contributed by atoms with Crippen LogP contribution < -0.4 is 0 Å². The molecule has 0 aromatic heterocycles. The Labute approximate surface area is 122 Å². The second-order valence-electron chi connectivity index (χ2n) is 6.14. The summed E-state index contributed by atoms with van der Waals surface area (Å²) in [5.41, 5.74) is 4.31. The molecule has 0 bridgehead atoms. The minimum absolute atomic E-state index is 0.673. The summed E-state index contributed by atoms with van der Waals surface area (Å²) in [6, 6.07) is 19.8. The van der Waals surface area contributed by atoms with Crippen LogP contribution in [-0.2, 0) is 0 Å². The third kappa shape index (κ3) is 2.80. The van der Waals surface area contributed by atoms with Crippen molar-refractivity contribution in [2.45, 2.75) is 44.9 Å². The highest BCUT2D eigenvalue weighted by Gasteiger charge is 2.23. The Morgan fingerprint density at radius 3 is 2.20 bits per heavy atom. The summed E-state index contributed by atoms with van der Waals surface area (Å²) < 4.78 is 0. The molecule has 1 fully saturated rings. The summed E-state index contributed by atoms with van der Waals surface area (Å²) in [4.78, 5) is 0. The Morgan fingerprint density at radius 1 is 0.800 bits per heavy atom. The van der Waals surface area contributed by atoms with E-state index < -0.39 is 0 Å². The molecule has 3 rings (SSSR count). The van der Waals surface area contributed by atoms with Crippen molar-refractivity contribution < 1.29 is 0 Å². The van der Waals surface area contributed by atoms with E-state index in [-0.39, 0.29) is 0 Å². The molecule has 0 nitrogen and oxygen atoms in total. The Balaban J connectivity index is 1.93. The van der Waals surface area contributed by atoms with Crippen molar-refractivity contribution in [2.24, 2.45) is 5.92 Å². The Bertz CT molecular complexity index is 535. The standard InChI is InChI=1S/C20H24/c1-16(17-10-4-2-5-11-17)19-14-8-9-15-20(19)18-12-6-3-7-13-18/h3,6-9,12-17H,2,4-5,10-11H2,1H3. The molecule has 0 heterocycles. The van der Waals surface area contributed by atoms with Gasteiger partial charge in [-0.15, -0.1) is 0 Å². The zero-order valence-electron chi connectivity index (χ0n) is 12.4. The largest absolute Gasteiger partial charge is 0.0622 e. The molecule has 104 valence electrons. The first-order valence-corrected chi connectivity index (χ1v) is 8.00. The van der Waals surface area contributed by atoms with E-state index in [9.17, 15) is 0 Å². The maximum atomic E-state index is 2.43. The molecule has 1 aliphatic rings. The molecule has 0 N–H and O–H groups in total. The van der Waals surface area contributed by atoms with E-state index in [0.29, 0.717) is 5.92 Å². The lowest BCUT2D eigenvalue weighted by Gasteiger charge is -2.29. The van der Waals surface area contributed by atoms with Crippen molar-refractivity contribution in [3.8, 4) is 11.1 Å². The van der Waals surface area contributed by atoms with Gasteiger partial charge in [0.25, 0.3) is 0 Å². The Kier molecular flexibility index (Phi) is 4.20. The molecule has 0 spiro atoms. The normalized spacial score (nSPS) is 17.9. The third-order valence-corrected chi connectivity index (χ3v) is 4.89. The second kappa shape index (κ2) is 6.26. The summed E-state index contributed by atoms with van der Waals surface area (Å²) in [5.74, 6) is 1.54. The van der Waals surface area contributed by atoms with E-state index in [4.69, 9.17) is 0 Å². The predicted octanol–water partition coefficient (Wildman–Crippen LogP) is 6.04. The van der Waals surface area contributed by atoms with Gasteiger partial charge < -0.3 is 0 Å². The average molecular weight is 264 g/mol. The molecule has 20 heavy (non-hydrogen) atoms. The molecule has 1 saturated carbocycles. The van der Waals surface area contributed by atoms with Gasteiger partial charge >= 0.3 is 0 Å². The first-order chi connectivity index (χ1) is 9.86. The molecule has 1 atom stereocenters. The lowest BCUT2D eigenvalue weighted by atomic mass is 9.76. The van der Waals surface area contributed by atoms with Gasteiger partial charge in [-0.3, -0.25) is 0 Å². The molecule has 0 radical (unpaired) electrons. The van der Waals surface area contributed by atoms with Gasteiger partial charge in [-0.2, -0.15) is 0 Å². The second-order valence-corrected chi connectivity index (χ2v) is 6.14. The minimum Gasteiger partial charge on any atom is -0.0622 e. The topological polar surface area (TPSA) is 0 Å². The van der Waals surface area contributed by atoms with Gasteiger partial charge in [0.05, 0.1) is 0 Å². The van der Waals surface area contributed by atoms with E-state index in [1.807, 2.05) is 0 Å². The highest BCUT2D eigenvalue weighted by atomic mass is 14.3. The smallest absolute Gasteiger partial charge is 0.0149 e. The molecule has 1 unspecified atom stereocenters. The van der Waals surface area contributed by atoms with Crippen LogP contribution in [0.2, 0.25) is 0 Å². The SMILES string of the molecule is CC(c1ccccc1-c1ccccc1)C1CCCCC1. The van der Waals surface area contributed by atoms with Crippen molar-refractivity contribution in [3.63, 3.8) is 0 Å². The van der Waals surface area contributed by atoms with Crippen LogP contribution in [0.25, 0.3) is 11.1 Å². The zero-order chi connectivity index (χ0) is 13.8. The zero-order valence-corrected chi connectivity index (χ0v) is 12.4. The van der Waals surface area contributed by atoms with Crippen LogP contribution in [0.15, 0.2) is 54.6 Å². The van der Waals surface area contributed by atoms with Crippen molar-refractivity contribution in [3.05, 3.63) is 60.2 Å². The molecule has 0 saturated heterocycles. The van der Waals surface area contributed by atoms with Gasteiger partial charge in [0.15, 0.2) is 0 Å². The van der Waals surface area contributed by atoms with Gasteiger partial charge in [-0.1, -0.05) is 80.8 Å². The van der Waals surface area contributed by atoms with Crippen LogP contribution in [0, 0.1) is 5.92 Å².